The molecule has 0 bridgehead atoms. The zero-order valence-electron chi connectivity index (χ0n) is 12.7. The maximum absolute atomic E-state index is 13.2. The van der Waals surface area contributed by atoms with Crippen molar-refractivity contribution in [1.29, 1.82) is 0 Å². The number of aryl methyl sites for hydroxylation is 1. The first-order chi connectivity index (χ1) is 10.8. The number of benzene rings is 1. The van der Waals surface area contributed by atoms with E-state index in [1.165, 1.54) is 24.0 Å². The lowest BCUT2D eigenvalue weighted by Gasteiger charge is -2.35. The monoisotopic (exact) mass is 333 g/mol. The first-order valence-corrected chi connectivity index (χ1v) is 7.35. The van der Waals surface area contributed by atoms with Crippen LogP contribution >= 0.6 is 0 Å². The van der Waals surface area contributed by atoms with Crippen molar-refractivity contribution in [3.8, 4) is 0 Å². The number of halogens is 4. The summed E-state index contributed by atoms with van der Waals surface area (Å²) in [6.45, 7) is 2.48. The van der Waals surface area contributed by atoms with Gasteiger partial charge in [-0.1, -0.05) is 0 Å². The summed E-state index contributed by atoms with van der Waals surface area (Å²) in [6, 6.07) is 1.97. The Morgan fingerprint density at radius 1 is 1.35 bits per heavy atom. The maximum Gasteiger partial charge on any atom is 0.405 e. The average Bonchev–Trinajstić information content (AvgIpc) is 2.49. The number of carbonyl (C=O) groups excluding carboxylic acids is 1. The minimum Gasteiger partial charge on any atom is -0.350 e. The molecule has 1 heterocycles. The Bertz CT molecular complexity index is 556. The van der Waals surface area contributed by atoms with Gasteiger partial charge in [0.2, 0.25) is 0 Å². The number of hydrogen-bond acceptors (Lipinski definition) is 3. The first kappa shape index (κ1) is 17.7. The molecule has 1 aliphatic rings. The lowest BCUT2D eigenvalue weighted by molar-refractivity contribution is -0.183. The van der Waals surface area contributed by atoms with Crippen molar-refractivity contribution in [2.75, 3.05) is 32.7 Å². The molecule has 1 saturated heterocycles. The van der Waals surface area contributed by atoms with Gasteiger partial charge in [-0.05, 0) is 30.7 Å². The molecule has 0 radical (unpaired) electrons. The van der Waals surface area contributed by atoms with Crippen molar-refractivity contribution in [2.45, 2.75) is 19.1 Å². The summed E-state index contributed by atoms with van der Waals surface area (Å²) in [4.78, 5) is 13.3. The summed E-state index contributed by atoms with van der Waals surface area (Å²) >= 11 is 0. The molecule has 0 aromatic heterocycles. The molecular formula is C15H19F4N3O. The smallest absolute Gasteiger partial charge is 0.350 e. The maximum atomic E-state index is 13.2. The summed E-state index contributed by atoms with van der Waals surface area (Å²) in [6.07, 6.45) is -4.43. The molecule has 23 heavy (non-hydrogen) atoms. The molecule has 0 spiro atoms. The zero-order valence-corrected chi connectivity index (χ0v) is 12.7. The highest BCUT2D eigenvalue weighted by Gasteiger charge is 2.43. The van der Waals surface area contributed by atoms with Crippen LogP contribution in [0.1, 0.15) is 15.9 Å². The van der Waals surface area contributed by atoms with Crippen molar-refractivity contribution in [3.05, 3.63) is 35.1 Å². The fraction of sp³-hybridized carbons (Fsp3) is 0.533. The second-order valence-corrected chi connectivity index (χ2v) is 5.52. The molecule has 8 heteroatoms. The van der Waals surface area contributed by atoms with E-state index in [1.54, 1.807) is 0 Å². The molecule has 1 aromatic rings. The van der Waals surface area contributed by atoms with Crippen LogP contribution in [0, 0.1) is 12.7 Å². The summed E-state index contributed by atoms with van der Waals surface area (Å²) in [5.41, 5.74) is 0.414. The topological polar surface area (TPSA) is 44.4 Å². The third-order valence-corrected chi connectivity index (χ3v) is 3.85. The number of piperazine rings is 1. The molecule has 128 valence electrons. The Morgan fingerprint density at radius 2 is 2.00 bits per heavy atom. The lowest BCUT2D eigenvalue weighted by atomic mass is 10.1. The van der Waals surface area contributed by atoms with Crippen molar-refractivity contribution in [1.82, 2.24) is 15.5 Å². The van der Waals surface area contributed by atoms with Crippen LogP contribution in [0.15, 0.2) is 18.2 Å². The van der Waals surface area contributed by atoms with Crippen molar-refractivity contribution >= 4 is 5.91 Å². The molecule has 1 fully saturated rings. The van der Waals surface area contributed by atoms with E-state index < -0.39 is 30.5 Å². The van der Waals surface area contributed by atoms with Gasteiger partial charge < -0.3 is 10.6 Å². The van der Waals surface area contributed by atoms with E-state index in [-0.39, 0.29) is 24.2 Å². The summed E-state index contributed by atoms with van der Waals surface area (Å²) < 4.78 is 52.8. The van der Waals surface area contributed by atoms with Gasteiger partial charge in [0.05, 0.1) is 0 Å². The summed E-state index contributed by atoms with van der Waals surface area (Å²) in [7, 11) is 0. The molecule has 4 nitrogen and oxygen atoms in total. The lowest BCUT2D eigenvalue weighted by Crippen LogP contribution is -2.57. The standard InChI is InChI=1S/C15H19F4N3O/c1-10-8-11(2-3-12(10)16)14(23)21-9-13(15(17,18)19)22-6-4-20-5-7-22/h2-3,8,13,20H,4-7,9H2,1H3,(H,21,23). The van der Waals surface area contributed by atoms with E-state index in [4.69, 9.17) is 0 Å². The average molecular weight is 333 g/mol. The van der Waals surface area contributed by atoms with Crippen LogP contribution in [0.4, 0.5) is 17.6 Å². The SMILES string of the molecule is Cc1cc(C(=O)NCC(N2CCNCC2)C(F)(F)F)ccc1F. The molecule has 0 saturated carbocycles. The van der Waals surface area contributed by atoms with E-state index in [0.717, 1.165) is 6.07 Å². The molecule has 1 atom stereocenters. The molecule has 1 unspecified atom stereocenters. The van der Waals surface area contributed by atoms with E-state index in [1.807, 2.05) is 0 Å². The fourth-order valence-corrected chi connectivity index (χ4v) is 2.52. The zero-order chi connectivity index (χ0) is 17.0. The number of amides is 1. The van der Waals surface area contributed by atoms with Crippen LogP contribution in [0.2, 0.25) is 0 Å². The Labute approximate surface area is 131 Å². The largest absolute Gasteiger partial charge is 0.405 e. The van der Waals surface area contributed by atoms with Gasteiger partial charge >= 0.3 is 6.18 Å². The second kappa shape index (κ2) is 7.27. The van der Waals surface area contributed by atoms with Gasteiger partial charge in [-0.25, -0.2) is 4.39 Å². The van der Waals surface area contributed by atoms with Gasteiger partial charge in [0.15, 0.2) is 0 Å². The number of alkyl halides is 3. The Hall–Kier alpha value is -1.67. The number of nitrogens with zero attached hydrogens (tertiary/aromatic N) is 1. The van der Waals surface area contributed by atoms with Gasteiger partial charge in [-0.3, -0.25) is 9.69 Å². The molecule has 1 aliphatic heterocycles. The normalized spacial score (nSPS) is 17.8. The van der Waals surface area contributed by atoms with Crippen LogP contribution in [0.25, 0.3) is 0 Å². The molecule has 2 N–H and O–H groups in total. The quantitative estimate of drug-likeness (QED) is 0.825. The van der Waals surface area contributed by atoms with Crippen LogP contribution in [-0.4, -0.2) is 55.7 Å². The fourth-order valence-electron chi connectivity index (χ4n) is 2.52. The molecule has 0 aliphatic carbocycles. The second-order valence-electron chi connectivity index (χ2n) is 5.52. The van der Waals surface area contributed by atoms with Crippen molar-refractivity contribution in [2.24, 2.45) is 0 Å². The number of carbonyl (C=O) groups is 1. The predicted molar refractivity (Wildman–Crippen MR) is 77.8 cm³/mol. The minimum atomic E-state index is -4.43. The van der Waals surface area contributed by atoms with E-state index >= 15 is 0 Å². The van der Waals surface area contributed by atoms with E-state index in [9.17, 15) is 22.4 Å². The van der Waals surface area contributed by atoms with Crippen LogP contribution < -0.4 is 10.6 Å². The highest BCUT2D eigenvalue weighted by molar-refractivity contribution is 5.94. The highest BCUT2D eigenvalue weighted by Crippen LogP contribution is 2.24. The van der Waals surface area contributed by atoms with Crippen molar-refractivity contribution < 1.29 is 22.4 Å². The van der Waals surface area contributed by atoms with Crippen LogP contribution in [0.3, 0.4) is 0 Å². The number of hydrogen-bond donors (Lipinski definition) is 2. The minimum absolute atomic E-state index is 0.144. The number of rotatable bonds is 4. The molecule has 2 rings (SSSR count). The summed E-state index contributed by atoms with van der Waals surface area (Å²) in [5.74, 6) is -1.10. The van der Waals surface area contributed by atoms with Crippen LogP contribution in [0.5, 0.6) is 0 Å². The molecule has 1 aromatic carbocycles. The van der Waals surface area contributed by atoms with E-state index in [2.05, 4.69) is 10.6 Å². The van der Waals surface area contributed by atoms with Gasteiger partial charge in [-0.2, -0.15) is 13.2 Å². The van der Waals surface area contributed by atoms with Gasteiger partial charge in [0.25, 0.3) is 5.91 Å². The third kappa shape index (κ3) is 4.65. The van der Waals surface area contributed by atoms with Gasteiger partial charge in [-0.15, -0.1) is 0 Å². The first-order valence-electron chi connectivity index (χ1n) is 7.35. The molecular weight excluding hydrogens is 314 g/mol. The molecule has 1 amide bonds. The van der Waals surface area contributed by atoms with E-state index in [0.29, 0.717) is 13.1 Å². The highest BCUT2D eigenvalue weighted by atomic mass is 19.4. The Balaban J connectivity index is 2.02. The predicted octanol–water partition coefficient (Wildman–Crippen LogP) is 1.70. The summed E-state index contributed by atoms with van der Waals surface area (Å²) in [5, 5.41) is 5.30. The Morgan fingerprint density at radius 3 is 2.57 bits per heavy atom. The van der Waals surface area contributed by atoms with Gasteiger partial charge in [0.1, 0.15) is 11.9 Å². The Kier molecular flexibility index (Phi) is 5.59. The van der Waals surface area contributed by atoms with Crippen molar-refractivity contribution in [3.63, 3.8) is 0 Å². The third-order valence-electron chi connectivity index (χ3n) is 3.85. The number of nitrogens with one attached hydrogen (secondary N) is 2. The van der Waals surface area contributed by atoms with Crippen LogP contribution in [-0.2, 0) is 0 Å². The van der Waals surface area contributed by atoms with Gasteiger partial charge in [0, 0.05) is 38.3 Å².